The van der Waals surface area contributed by atoms with Gasteiger partial charge in [-0.1, -0.05) is 13.8 Å². The molecule has 0 saturated carbocycles. The lowest BCUT2D eigenvalue weighted by Gasteiger charge is -2.30. The number of carbonyl (C=O) groups excluding carboxylic acids is 4. The Morgan fingerprint density at radius 2 is 1.71 bits per heavy atom. The zero-order chi connectivity index (χ0) is 23.9. The van der Waals surface area contributed by atoms with E-state index in [-0.39, 0.29) is 24.2 Å². The number of carbonyl (C=O) groups is 4. The van der Waals surface area contributed by atoms with E-state index in [1.165, 1.54) is 0 Å². The minimum absolute atomic E-state index is 0.0863. The number of rotatable bonds is 11. The van der Waals surface area contributed by atoms with Crippen molar-refractivity contribution in [3.8, 4) is 0 Å². The van der Waals surface area contributed by atoms with E-state index in [2.05, 4.69) is 16.0 Å². The SMILES string of the molecule is CC(C)C[C@H](NC(=O)C(N)C(C)OC(C)(C)C)C(=O)NC(CC1CCNC1=O)C(N)=O. The second-order valence-corrected chi connectivity index (χ2v) is 9.63. The normalized spacial score (nSPS) is 20.5. The average Bonchev–Trinajstić information content (AvgIpc) is 3.02. The van der Waals surface area contributed by atoms with Crippen molar-refractivity contribution in [2.75, 3.05) is 6.54 Å². The van der Waals surface area contributed by atoms with Crippen LogP contribution in [-0.4, -0.2) is 60.0 Å². The number of nitrogens with one attached hydrogen (secondary N) is 3. The number of nitrogens with two attached hydrogens (primary N) is 2. The third-order valence-electron chi connectivity index (χ3n) is 5.03. The van der Waals surface area contributed by atoms with Gasteiger partial charge in [0.15, 0.2) is 0 Å². The van der Waals surface area contributed by atoms with Crippen molar-refractivity contribution in [3.05, 3.63) is 0 Å². The standard InChI is InChI=1S/C21H39N5O5/c1-11(2)9-15(26-20(30)16(22)12(3)31-21(4,5)6)19(29)25-14(17(23)27)10-13-7-8-24-18(13)28/h11-16H,7-10,22H2,1-6H3,(H2,23,27)(H,24,28)(H,25,29)(H,26,30)/t12?,13?,14?,15-,16?/m0/s1. The fraction of sp³-hybridized carbons (Fsp3) is 0.810. The van der Waals surface area contributed by atoms with Crippen molar-refractivity contribution >= 4 is 23.6 Å². The largest absolute Gasteiger partial charge is 0.371 e. The lowest BCUT2D eigenvalue weighted by Crippen LogP contribution is -2.58. The first-order chi connectivity index (χ1) is 14.2. The number of hydrogen-bond donors (Lipinski definition) is 5. The smallest absolute Gasteiger partial charge is 0.243 e. The highest BCUT2D eigenvalue weighted by Gasteiger charge is 2.33. The fourth-order valence-corrected chi connectivity index (χ4v) is 3.49. The molecule has 4 unspecified atom stereocenters. The molecule has 1 heterocycles. The van der Waals surface area contributed by atoms with Crippen LogP contribution in [0.25, 0.3) is 0 Å². The molecule has 0 radical (unpaired) electrons. The molecule has 0 bridgehead atoms. The Hall–Kier alpha value is -2.20. The van der Waals surface area contributed by atoms with Crippen LogP contribution >= 0.6 is 0 Å². The van der Waals surface area contributed by atoms with Gasteiger partial charge in [-0.15, -0.1) is 0 Å². The Labute approximate surface area is 184 Å². The average molecular weight is 442 g/mol. The van der Waals surface area contributed by atoms with Gasteiger partial charge in [-0.25, -0.2) is 0 Å². The molecular weight excluding hydrogens is 402 g/mol. The highest BCUT2D eigenvalue weighted by molar-refractivity contribution is 5.93. The van der Waals surface area contributed by atoms with Crippen LogP contribution in [0.2, 0.25) is 0 Å². The number of ether oxygens (including phenoxy) is 1. The summed E-state index contributed by atoms with van der Waals surface area (Å²) in [5, 5.41) is 7.97. The lowest BCUT2D eigenvalue weighted by atomic mass is 9.97. The molecule has 178 valence electrons. The topological polar surface area (TPSA) is 166 Å². The molecule has 1 fully saturated rings. The van der Waals surface area contributed by atoms with Crippen molar-refractivity contribution in [3.63, 3.8) is 0 Å². The van der Waals surface area contributed by atoms with Crippen LogP contribution in [0.1, 0.15) is 60.8 Å². The first-order valence-corrected chi connectivity index (χ1v) is 10.8. The molecule has 0 spiro atoms. The zero-order valence-electron chi connectivity index (χ0n) is 19.5. The van der Waals surface area contributed by atoms with Crippen LogP contribution in [-0.2, 0) is 23.9 Å². The maximum Gasteiger partial charge on any atom is 0.243 e. The minimum atomic E-state index is -1.01. The summed E-state index contributed by atoms with van der Waals surface area (Å²) in [4.78, 5) is 49.3. The predicted molar refractivity (Wildman–Crippen MR) is 117 cm³/mol. The van der Waals surface area contributed by atoms with Gasteiger partial charge in [-0.3, -0.25) is 19.2 Å². The van der Waals surface area contributed by atoms with Gasteiger partial charge in [-0.2, -0.15) is 0 Å². The molecule has 1 aliphatic rings. The third kappa shape index (κ3) is 9.22. The lowest BCUT2D eigenvalue weighted by molar-refractivity contribution is -0.135. The molecule has 0 aromatic carbocycles. The van der Waals surface area contributed by atoms with E-state index in [1.54, 1.807) is 6.92 Å². The molecule has 0 aliphatic carbocycles. The molecule has 31 heavy (non-hydrogen) atoms. The summed E-state index contributed by atoms with van der Waals surface area (Å²) in [5.74, 6) is -2.26. The Bertz CT molecular complexity index is 661. The summed E-state index contributed by atoms with van der Waals surface area (Å²) in [6, 6.07) is -2.89. The fourth-order valence-electron chi connectivity index (χ4n) is 3.49. The summed E-state index contributed by atoms with van der Waals surface area (Å²) >= 11 is 0. The quantitative estimate of drug-likeness (QED) is 0.291. The molecule has 5 atom stereocenters. The van der Waals surface area contributed by atoms with Crippen LogP contribution in [0.15, 0.2) is 0 Å². The first kappa shape index (κ1) is 26.8. The molecule has 10 nitrogen and oxygen atoms in total. The monoisotopic (exact) mass is 441 g/mol. The van der Waals surface area contributed by atoms with Crippen molar-refractivity contribution in [1.82, 2.24) is 16.0 Å². The molecule has 4 amide bonds. The van der Waals surface area contributed by atoms with Crippen molar-refractivity contribution in [1.29, 1.82) is 0 Å². The summed E-state index contributed by atoms with van der Waals surface area (Å²) < 4.78 is 5.74. The van der Waals surface area contributed by atoms with Gasteiger partial charge in [0.1, 0.15) is 18.1 Å². The summed E-state index contributed by atoms with van der Waals surface area (Å²) in [6.07, 6.45) is 0.465. The van der Waals surface area contributed by atoms with E-state index in [1.807, 2.05) is 34.6 Å². The summed E-state index contributed by atoms with van der Waals surface area (Å²) in [7, 11) is 0. The van der Waals surface area contributed by atoms with E-state index >= 15 is 0 Å². The van der Waals surface area contributed by atoms with E-state index in [4.69, 9.17) is 16.2 Å². The van der Waals surface area contributed by atoms with Crippen molar-refractivity contribution < 1.29 is 23.9 Å². The number of primary amides is 1. The maximum atomic E-state index is 12.9. The van der Waals surface area contributed by atoms with Crippen molar-refractivity contribution in [2.24, 2.45) is 23.3 Å². The predicted octanol–water partition coefficient (Wildman–Crippen LogP) is -0.455. The Morgan fingerprint density at radius 1 is 1.13 bits per heavy atom. The van der Waals surface area contributed by atoms with Crippen LogP contribution in [0, 0.1) is 11.8 Å². The van der Waals surface area contributed by atoms with E-state index in [0.717, 1.165) is 0 Å². The van der Waals surface area contributed by atoms with Gasteiger partial charge < -0.3 is 32.2 Å². The Balaban J connectivity index is 2.83. The van der Waals surface area contributed by atoms with Gasteiger partial charge in [0.2, 0.25) is 23.6 Å². The molecule has 10 heteroatoms. The molecule has 1 aliphatic heterocycles. The van der Waals surface area contributed by atoms with Gasteiger partial charge in [0.25, 0.3) is 0 Å². The third-order valence-corrected chi connectivity index (χ3v) is 5.03. The van der Waals surface area contributed by atoms with Crippen LogP contribution in [0.4, 0.5) is 0 Å². The highest BCUT2D eigenvalue weighted by atomic mass is 16.5. The highest BCUT2D eigenvalue weighted by Crippen LogP contribution is 2.17. The molecule has 0 aromatic heterocycles. The second-order valence-electron chi connectivity index (χ2n) is 9.63. The van der Waals surface area contributed by atoms with Crippen LogP contribution in [0.3, 0.4) is 0 Å². The molecule has 0 aromatic rings. The number of amides is 4. The summed E-state index contributed by atoms with van der Waals surface area (Å²) in [6.45, 7) is 11.6. The molecule has 1 saturated heterocycles. The van der Waals surface area contributed by atoms with E-state index in [9.17, 15) is 19.2 Å². The number of hydrogen-bond acceptors (Lipinski definition) is 6. The summed E-state index contributed by atoms with van der Waals surface area (Å²) in [5.41, 5.74) is 11.0. The molecule has 7 N–H and O–H groups in total. The molecule has 1 rings (SSSR count). The van der Waals surface area contributed by atoms with Crippen LogP contribution in [0.5, 0.6) is 0 Å². The van der Waals surface area contributed by atoms with E-state index in [0.29, 0.717) is 19.4 Å². The molecular formula is C21H39N5O5. The first-order valence-electron chi connectivity index (χ1n) is 10.8. The van der Waals surface area contributed by atoms with Gasteiger partial charge in [0, 0.05) is 12.5 Å². The second kappa shape index (κ2) is 11.4. The zero-order valence-corrected chi connectivity index (χ0v) is 19.5. The minimum Gasteiger partial charge on any atom is -0.371 e. The Morgan fingerprint density at radius 3 is 2.16 bits per heavy atom. The van der Waals surface area contributed by atoms with Gasteiger partial charge in [0.05, 0.1) is 11.7 Å². The van der Waals surface area contributed by atoms with Gasteiger partial charge in [-0.05, 0) is 52.9 Å². The maximum absolute atomic E-state index is 12.9. The van der Waals surface area contributed by atoms with Crippen LogP contribution < -0.4 is 27.4 Å². The Kier molecular flexibility index (Phi) is 9.89. The van der Waals surface area contributed by atoms with Crippen molar-refractivity contribution in [2.45, 2.75) is 90.6 Å². The van der Waals surface area contributed by atoms with Gasteiger partial charge >= 0.3 is 0 Å². The van der Waals surface area contributed by atoms with E-state index < -0.39 is 47.6 Å².